The summed E-state index contributed by atoms with van der Waals surface area (Å²) in [4.78, 5) is 11.3. The van der Waals surface area contributed by atoms with E-state index in [2.05, 4.69) is 10.6 Å². The summed E-state index contributed by atoms with van der Waals surface area (Å²) in [6.45, 7) is 0.757. The molecule has 0 saturated carbocycles. The second kappa shape index (κ2) is 4.21. The molecule has 1 fully saturated rings. The molecular formula is C11H14N2O2. The zero-order valence-electron chi connectivity index (χ0n) is 8.62. The molecule has 1 atom stereocenters. The Morgan fingerprint density at radius 1 is 1.40 bits per heavy atom. The Labute approximate surface area is 88.6 Å². The predicted molar refractivity (Wildman–Crippen MR) is 58.0 cm³/mol. The Kier molecular flexibility index (Phi) is 2.76. The van der Waals surface area contributed by atoms with Gasteiger partial charge in [-0.15, -0.1) is 0 Å². The van der Waals surface area contributed by atoms with Crippen molar-refractivity contribution in [2.24, 2.45) is 0 Å². The normalized spacial score (nSPS) is 19.8. The first-order valence-corrected chi connectivity index (χ1v) is 4.98. The number of nitrogens with one attached hydrogen (secondary N) is 2. The molecule has 15 heavy (non-hydrogen) atoms. The highest BCUT2D eigenvalue weighted by Gasteiger charge is 2.23. The summed E-state index contributed by atoms with van der Waals surface area (Å²) in [5, 5.41) is 5.96. The van der Waals surface area contributed by atoms with Gasteiger partial charge >= 0.3 is 0 Å². The Hall–Kier alpha value is -1.71. The maximum Gasteiger partial charge on any atom is 0.242 e. The first kappa shape index (κ1) is 9.83. The van der Waals surface area contributed by atoms with E-state index >= 15 is 0 Å². The first-order chi connectivity index (χ1) is 7.29. The fourth-order valence-corrected chi connectivity index (χ4v) is 1.62. The number of methoxy groups -OCH3 is 1. The average molecular weight is 206 g/mol. The number of rotatable bonds is 3. The maximum absolute atomic E-state index is 11.3. The molecule has 80 valence electrons. The predicted octanol–water partition coefficient (Wildman–Crippen LogP) is 0.996. The standard InChI is InChI=1S/C11H14N2O2/c1-15-9-4-2-8(3-5-9)13-10-6-7-12-11(10)14/h2-5,10,13H,6-7H2,1H3,(H,12,14). The number of carbonyl (C=O) groups excluding carboxylic acids is 1. The van der Waals surface area contributed by atoms with Crippen LogP contribution in [0.25, 0.3) is 0 Å². The second-order valence-corrected chi connectivity index (χ2v) is 3.51. The van der Waals surface area contributed by atoms with Gasteiger partial charge in [0, 0.05) is 12.2 Å². The summed E-state index contributed by atoms with van der Waals surface area (Å²) >= 11 is 0. The quantitative estimate of drug-likeness (QED) is 0.775. The topological polar surface area (TPSA) is 50.4 Å². The number of ether oxygens (including phenoxy) is 1. The molecule has 4 nitrogen and oxygen atoms in total. The molecule has 1 saturated heterocycles. The number of anilines is 1. The van der Waals surface area contributed by atoms with Crippen molar-refractivity contribution in [1.29, 1.82) is 0 Å². The van der Waals surface area contributed by atoms with Crippen LogP contribution in [0, 0.1) is 0 Å². The molecule has 2 N–H and O–H groups in total. The average Bonchev–Trinajstić information content (AvgIpc) is 2.66. The summed E-state index contributed by atoms with van der Waals surface area (Å²) in [5.74, 6) is 0.891. The van der Waals surface area contributed by atoms with Crippen molar-refractivity contribution in [3.63, 3.8) is 0 Å². The minimum Gasteiger partial charge on any atom is -0.497 e. The molecule has 0 aromatic heterocycles. The molecule has 0 aliphatic carbocycles. The molecule has 1 aromatic rings. The number of amides is 1. The Morgan fingerprint density at radius 2 is 2.13 bits per heavy atom. The maximum atomic E-state index is 11.3. The van der Waals surface area contributed by atoms with Crippen molar-refractivity contribution in [1.82, 2.24) is 5.32 Å². The van der Waals surface area contributed by atoms with Gasteiger partial charge in [0.25, 0.3) is 0 Å². The summed E-state index contributed by atoms with van der Waals surface area (Å²) in [5.41, 5.74) is 0.942. The monoisotopic (exact) mass is 206 g/mol. The molecule has 0 bridgehead atoms. The Morgan fingerprint density at radius 3 is 2.67 bits per heavy atom. The van der Waals surface area contributed by atoms with Gasteiger partial charge in [-0.1, -0.05) is 0 Å². The van der Waals surface area contributed by atoms with Gasteiger partial charge in [0.2, 0.25) is 5.91 Å². The van der Waals surface area contributed by atoms with E-state index in [0.29, 0.717) is 0 Å². The van der Waals surface area contributed by atoms with E-state index in [0.717, 1.165) is 24.4 Å². The van der Waals surface area contributed by atoms with Crippen molar-refractivity contribution in [3.8, 4) is 5.75 Å². The van der Waals surface area contributed by atoms with Crippen LogP contribution in [0.2, 0.25) is 0 Å². The summed E-state index contributed by atoms with van der Waals surface area (Å²) in [6, 6.07) is 7.46. The van der Waals surface area contributed by atoms with Crippen LogP contribution in [0.4, 0.5) is 5.69 Å². The summed E-state index contributed by atoms with van der Waals surface area (Å²) < 4.78 is 5.05. The molecule has 4 heteroatoms. The molecular weight excluding hydrogens is 192 g/mol. The lowest BCUT2D eigenvalue weighted by Gasteiger charge is -2.11. The van der Waals surface area contributed by atoms with Crippen LogP contribution in [0.3, 0.4) is 0 Å². The molecule has 0 radical (unpaired) electrons. The fraction of sp³-hybridized carbons (Fsp3) is 0.364. The smallest absolute Gasteiger partial charge is 0.242 e. The van der Waals surface area contributed by atoms with Crippen molar-refractivity contribution in [3.05, 3.63) is 24.3 Å². The highest BCUT2D eigenvalue weighted by atomic mass is 16.5. The molecule has 1 aromatic carbocycles. The molecule has 1 heterocycles. The van der Waals surface area contributed by atoms with Gasteiger partial charge < -0.3 is 15.4 Å². The molecule has 1 aliphatic heterocycles. The van der Waals surface area contributed by atoms with Crippen molar-refractivity contribution in [2.75, 3.05) is 19.0 Å². The van der Waals surface area contributed by atoms with E-state index < -0.39 is 0 Å². The van der Waals surface area contributed by atoms with Crippen LogP contribution in [-0.4, -0.2) is 25.6 Å². The molecule has 1 aliphatic rings. The van der Waals surface area contributed by atoms with Crippen LogP contribution in [0.5, 0.6) is 5.75 Å². The van der Waals surface area contributed by atoms with Crippen LogP contribution in [0.1, 0.15) is 6.42 Å². The molecule has 1 unspecified atom stereocenters. The summed E-state index contributed by atoms with van der Waals surface area (Å²) in [6.07, 6.45) is 0.838. The fourth-order valence-electron chi connectivity index (χ4n) is 1.62. The Bertz CT molecular complexity index is 348. The third-order valence-electron chi connectivity index (χ3n) is 2.48. The van der Waals surface area contributed by atoms with Crippen molar-refractivity contribution in [2.45, 2.75) is 12.5 Å². The van der Waals surface area contributed by atoms with Gasteiger partial charge in [-0.05, 0) is 30.7 Å². The lowest BCUT2D eigenvalue weighted by Crippen LogP contribution is -2.29. The zero-order chi connectivity index (χ0) is 10.7. The van der Waals surface area contributed by atoms with E-state index in [4.69, 9.17) is 4.74 Å². The van der Waals surface area contributed by atoms with E-state index in [1.807, 2.05) is 24.3 Å². The molecule has 1 amide bonds. The van der Waals surface area contributed by atoms with Gasteiger partial charge in [-0.25, -0.2) is 0 Å². The minimum atomic E-state index is -0.0987. The van der Waals surface area contributed by atoms with Crippen LogP contribution in [-0.2, 0) is 4.79 Å². The zero-order valence-corrected chi connectivity index (χ0v) is 8.62. The second-order valence-electron chi connectivity index (χ2n) is 3.51. The number of benzene rings is 1. The Balaban J connectivity index is 2.01. The van der Waals surface area contributed by atoms with E-state index in [1.165, 1.54) is 0 Å². The van der Waals surface area contributed by atoms with Crippen LogP contribution in [0.15, 0.2) is 24.3 Å². The highest BCUT2D eigenvalue weighted by molar-refractivity contribution is 5.86. The largest absolute Gasteiger partial charge is 0.497 e. The van der Waals surface area contributed by atoms with Crippen LogP contribution < -0.4 is 15.4 Å². The third kappa shape index (κ3) is 2.21. The van der Waals surface area contributed by atoms with E-state index in [1.54, 1.807) is 7.11 Å². The minimum absolute atomic E-state index is 0.0748. The number of carbonyl (C=O) groups is 1. The van der Waals surface area contributed by atoms with Gasteiger partial charge in [-0.2, -0.15) is 0 Å². The summed E-state index contributed by atoms with van der Waals surface area (Å²) in [7, 11) is 1.63. The van der Waals surface area contributed by atoms with Crippen molar-refractivity contribution >= 4 is 11.6 Å². The lowest BCUT2D eigenvalue weighted by atomic mass is 10.2. The van der Waals surface area contributed by atoms with E-state index in [9.17, 15) is 4.79 Å². The van der Waals surface area contributed by atoms with Gasteiger partial charge in [0.1, 0.15) is 11.8 Å². The number of hydrogen-bond acceptors (Lipinski definition) is 3. The van der Waals surface area contributed by atoms with Crippen LogP contribution >= 0.6 is 0 Å². The molecule has 0 spiro atoms. The SMILES string of the molecule is COc1ccc(NC2CCNC2=O)cc1. The first-order valence-electron chi connectivity index (χ1n) is 4.98. The van der Waals surface area contributed by atoms with E-state index in [-0.39, 0.29) is 11.9 Å². The van der Waals surface area contributed by atoms with Gasteiger partial charge in [0.05, 0.1) is 7.11 Å². The lowest BCUT2D eigenvalue weighted by molar-refractivity contribution is -0.119. The molecule has 2 rings (SSSR count). The van der Waals surface area contributed by atoms with Crippen molar-refractivity contribution < 1.29 is 9.53 Å². The highest BCUT2D eigenvalue weighted by Crippen LogP contribution is 2.17. The third-order valence-corrected chi connectivity index (χ3v) is 2.48. The number of hydrogen-bond donors (Lipinski definition) is 2. The van der Waals surface area contributed by atoms with Gasteiger partial charge in [-0.3, -0.25) is 4.79 Å². The van der Waals surface area contributed by atoms with Gasteiger partial charge in [0.15, 0.2) is 0 Å².